The third-order valence-corrected chi connectivity index (χ3v) is 6.03. The molecule has 1 atom stereocenters. The number of sulfonamides is 1. The monoisotopic (exact) mass is 316 g/mol. The Morgan fingerprint density at radius 2 is 2.00 bits per heavy atom. The lowest BCUT2D eigenvalue weighted by Gasteiger charge is -2.23. The standard InChI is InChI=1S/C13H17ClN2O3S/c1-8-7-12(9(2)6-10(8)14)20(18,19)16-5-3-4-11(16)13(15)17/h6-7,11H,3-5H2,1-2H3,(H2,15,17). The molecule has 1 aliphatic rings. The van der Waals surface area contributed by atoms with Gasteiger partial charge in [0.15, 0.2) is 0 Å². The number of rotatable bonds is 3. The fourth-order valence-electron chi connectivity index (χ4n) is 2.47. The molecule has 1 saturated heterocycles. The molecule has 7 heteroatoms. The van der Waals surface area contributed by atoms with E-state index < -0.39 is 22.0 Å². The van der Waals surface area contributed by atoms with Crippen molar-refractivity contribution in [2.45, 2.75) is 37.6 Å². The van der Waals surface area contributed by atoms with E-state index in [0.717, 1.165) is 0 Å². The molecule has 2 rings (SSSR count). The summed E-state index contributed by atoms with van der Waals surface area (Å²) in [5.74, 6) is -0.602. The van der Waals surface area contributed by atoms with E-state index in [0.29, 0.717) is 35.5 Å². The summed E-state index contributed by atoms with van der Waals surface area (Å²) in [4.78, 5) is 11.6. The number of carbonyl (C=O) groups is 1. The second-order valence-corrected chi connectivity index (χ2v) is 7.31. The normalized spacial score (nSPS) is 20.2. The second kappa shape index (κ2) is 5.35. The Hall–Kier alpha value is -1.11. The topological polar surface area (TPSA) is 80.5 Å². The highest BCUT2D eigenvalue weighted by atomic mass is 35.5. The van der Waals surface area contributed by atoms with Crippen LogP contribution in [0.4, 0.5) is 0 Å². The van der Waals surface area contributed by atoms with Gasteiger partial charge in [-0.3, -0.25) is 4.79 Å². The van der Waals surface area contributed by atoms with Crippen molar-refractivity contribution in [1.29, 1.82) is 0 Å². The molecular weight excluding hydrogens is 300 g/mol. The fraction of sp³-hybridized carbons (Fsp3) is 0.462. The quantitative estimate of drug-likeness (QED) is 0.919. The minimum atomic E-state index is -3.73. The van der Waals surface area contributed by atoms with E-state index in [4.69, 9.17) is 17.3 Å². The zero-order chi connectivity index (χ0) is 15.1. The third kappa shape index (κ3) is 2.55. The van der Waals surface area contributed by atoms with Crippen molar-refractivity contribution in [2.24, 2.45) is 5.73 Å². The first-order valence-electron chi connectivity index (χ1n) is 6.33. The molecule has 0 aromatic heterocycles. The van der Waals surface area contributed by atoms with Crippen molar-refractivity contribution in [1.82, 2.24) is 4.31 Å². The Morgan fingerprint density at radius 3 is 2.60 bits per heavy atom. The number of carbonyl (C=O) groups excluding carboxylic acids is 1. The van der Waals surface area contributed by atoms with Crippen LogP contribution in [0.15, 0.2) is 17.0 Å². The van der Waals surface area contributed by atoms with Crippen LogP contribution in [-0.2, 0) is 14.8 Å². The summed E-state index contributed by atoms with van der Waals surface area (Å²) in [5, 5.41) is 0.523. The van der Waals surface area contributed by atoms with E-state index in [-0.39, 0.29) is 4.90 Å². The summed E-state index contributed by atoms with van der Waals surface area (Å²) >= 11 is 5.99. The van der Waals surface area contributed by atoms with Gasteiger partial charge in [0.25, 0.3) is 0 Å². The zero-order valence-corrected chi connectivity index (χ0v) is 13.0. The molecular formula is C13H17ClN2O3S. The van der Waals surface area contributed by atoms with Crippen LogP contribution < -0.4 is 5.73 Å². The number of halogens is 1. The lowest BCUT2D eigenvalue weighted by Crippen LogP contribution is -2.43. The van der Waals surface area contributed by atoms with E-state index in [1.807, 2.05) is 0 Å². The van der Waals surface area contributed by atoms with Gasteiger partial charge in [-0.15, -0.1) is 0 Å². The Bertz CT molecular complexity index is 658. The summed E-state index contributed by atoms with van der Waals surface area (Å²) in [6.45, 7) is 3.75. The highest BCUT2D eigenvalue weighted by Gasteiger charge is 2.39. The molecule has 0 saturated carbocycles. The van der Waals surface area contributed by atoms with Crippen LogP contribution in [0.2, 0.25) is 5.02 Å². The largest absolute Gasteiger partial charge is 0.368 e. The lowest BCUT2D eigenvalue weighted by molar-refractivity contribution is -0.121. The zero-order valence-electron chi connectivity index (χ0n) is 11.4. The predicted octanol–water partition coefficient (Wildman–Crippen LogP) is 1.60. The number of benzene rings is 1. The van der Waals surface area contributed by atoms with Gasteiger partial charge in [-0.2, -0.15) is 4.31 Å². The van der Waals surface area contributed by atoms with Crippen molar-refractivity contribution in [3.63, 3.8) is 0 Å². The highest BCUT2D eigenvalue weighted by molar-refractivity contribution is 7.89. The maximum absolute atomic E-state index is 12.7. The van der Waals surface area contributed by atoms with Crippen LogP contribution in [0.3, 0.4) is 0 Å². The molecule has 20 heavy (non-hydrogen) atoms. The lowest BCUT2D eigenvalue weighted by atomic mass is 10.2. The van der Waals surface area contributed by atoms with Gasteiger partial charge < -0.3 is 5.73 Å². The van der Waals surface area contributed by atoms with Gasteiger partial charge in [0, 0.05) is 11.6 Å². The van der Waals surface area contributed by atoms with Crippen LogP contribution in [0.5, 0.6) is 0 Å². The van der Waals surface area contributed by atoms with Gasteiger partial charge in [0.2, 0.25) is 15.9 Å². The Labute approximate surface area is 123 Å². The molecule has 2 N–H and O–H groups in total. The maximum Gasteiger partial charge on any atom is 0.244 e. The number of hydrogen-bond acceptors (Lipinski definition) is 3. The molecule has 5 nitrogen and oxygen atoms in total. The first-order chi connectivity index (χ1) is 9.25. The van der Waals surface area contributed by atoms with Gasteiger partial charge >= 0.3 is 0 Å². The Morgan fingerprint density at radius 1 is 1.35 bits per heavy atom. The fourth-order valence-corrected chi connectivity index (χ4v) is 4.65. The minimum Gasteiger partial charge on any atom is -0.368 e. The number of hydrogen-bond donors (Lipinski definition) is 1. The third-order valence-electron chi connectivity index (χ3n) is 3.57. The molecule has 1 unspecified atom stereocenters. The van der Waals surface area contributed by atoms with Gasteiger partial charge in [0.05, 0.1) is 4.90 Å². The number of primary amides is 1. The minimum absolute atomic E-state index is 0.188. The first-order valence-corrected chi connectivity index (χ1v) is 8.15. The summed E-state index contributed by atoms with van der Waals surface area (Å²) in [7, 11) is -3.73. The number of aryl methyl sites for hydroxylation is 2. The van der Waals surface area contributed by atoms with Crippen LogP contribution in [0.1, 0.15) is 24.0 Å². The number of nitrogens with two attached hydrogens (primary N) is 1. The number of amides is 1. The number of nitrogens with zero attached hydrogens (tertiary/aromatic N) is 1. The van der Waals surface area contributed by atoms with Gasteiger partial charge in [-0.05, 0) is 49.9 Å². The first kappa shape index (κ1) is 15.3. The van der Waals surface area contributed by atoms with Crippen LogP contribution >= 0.6 is 11.6 Å². The van der Waals surface area contributed by atoms with Crippen molar-refractivity contribution >= 4 is 27.5 Å². The van der Waals surface area contributed by atoms with E-state index in [2.05, 4.69) is 0 Å². The highest BCUT2D eigenvalue weighted by Crippen LogP contribution is 2.30. The molecule has 110 valence electrons. The summed E-state index contributed by atoms with van der Waals surface area (Å²) in [6.07, 6.45) is 1.11. The summed E-state index contributed by atoms with van der Waals surface area (Å²) in [5.41, 5.74) is 6.54. The van der Waals surface area contributed by atoms with E-state index in [9.17, 15) is 13.2 Å². The van der Waals surface area contributed by atoms with Crippen molar-refractivity contribution in [3.8, 4) is 0 Å². The maximum atomic E-state index is 12.7. The van der Waals surface area contributed by atoms with E-state index in [1.165, 1.54) is 4.31 Å². The second-order valence-electron chi connectivity index (χ2n) is 5.04. The van der Waals surface area contributed by atoms with Gasteiger partial charge in [-0.25, -0.2) is 8.42 Å². The van der Waals surface area contributed by atoms with E-state index >= 15 is 0 Å². The molecule has 0 spiro atoms. The summed E-state index contributed by atoms with van der Waals surface area (Å²) < 4.78 is 26.6. The molecule has 1 heterocycles. The molecule has 0 radical (unpaired) electrons. The van der Waals surface area contributed by atoms with Crippen LogP contribution in [0, 0.1) is 13.8 Å². The van der Waals surface area contributed by atoms with Crippen LogP contribution in [-0.4, -0.2) is 31.2 Å². The molecule has 1 aliphatic heterocycles. The Kier molecular flexibility index (Phi) is 4.09. The average molecular weight is 317 g/mol. The SMILES string of the molecule is Cc1cc(S(=O)(=O)N2CCCC2C(N)=O)c(C)cc1Cl. The van der Waals surface area contributed by atoms with Crippen LogP contribution in [0.25, 0.3) is 0 Å². The Balaban J connectivity index is 2.50. The molecule has 1 aromatic rings. The average Bonchev–Trinajstić information content (AvgIpc) is 2.83. The molecule has 1 amide bonds. The van der Waals surface area contributed by atoms with Crippen molar-refractivity contribution < 1.29 is 13.2 Å². The van der Waals surface area contributed by atoms with E-state index in [1.54, 1.807) is 26.0 Å². The van der Waals surface area contributed by atoms with Crippen molar-refractivity contribution in [2.75, 3.05) is 6.54 Å². The summed E-state index contributed by atoms with van der Waals surface area (Å²) in [6, 6.07) is 2.41. The van der Waals surface area contributed by atoms with Gasteiger partial charge in [-0.1, -0.05) is 11.6 Å². The van der Waals surface area contributed by atoms with Gasteiger partial charge in [0.1, 0.15) is 6.04 Å². The molecule has 0 aliphatic carbocycles. The predicted molar refractivity (Wildman–Crippen MR) is 77.0 cm³/mol. The molecule has 0 bridgehead atoms. The molecule has 1 aromatic carbocycles. The smallest absolute Gasteiger partial charge is 0.244 e. The van der Waals surface area contributed by atoms with Crippen molar-refractivity contribution in [3.05, 3.63) is 28.3 Å². The molecule has 1 fully saturated rings.